The van der Waals surface area contributed by atoms with Gasteiger partial charge in [-0.2, -0.15) is 0 Å². The fraction of sp³-hybridized carbons (Fsp3) is 0.538. The molecule has 1 fully saturated rings. The number of nitrogens with zero attached hydrogens (tertiary/aromatic N) is 1. The molecule has 0 aromatic carbocycles. The van der Waals surface area contributed by atoms with Crippen molar-refractivity contribution in [2.24, 2.45) is 0 Å². The number of ether oxygens (including phenoxy) is 3. The number of carbonyl (C=O) groups excluding carboxylic acids is 2. The lowest BCUT2D eigenvalue weighted by Gasteiger charge is -2.26. The number of esters is 2. The Hall–Kier alpha value is -1.64. The molecule has 7 nitrogen and oxygen atoms in total. The lowest BCUT2D eigenvalue weighted by atomic mass is 10.1. The fourth-order valence-corrected chi connectivity index (χ4v) is 3.19. The van der Waals surface area contributed by atoms with E-state index in [1.54, 1.807) is 0 Å². The normalized spacial score (nSPS) is 15.7. The van der Waals surface area contributed by atoms with Gasteiger partial charge in [0.25, 0.3) is 0 Å². The van der Waals surface area contributed by atoms with Crippen molar-refractivity contribution >= 4 is 28.3 Å². The molecule has 0 spiro atoms. The van der Waals surface area contributed by atoms with Crippen molar-refractivity contribution in [3.8, 4) is 0 Å². The summed E-state index contributed by atoms with van der Waals surface area (Å²) < 4.78 is 14.8. The summed E-state index contributed by atoms with van der Waals surface area (Å²) in [7, 11) is 2.59. The van der Waals surface area contributed by atoms with E-state index in [1.165, 1.54) is 14.2 Å². The molecule has 0 saturated carbocycles. The lowest BCUT2D eigenvalue weighted by Crippen LogP contribution is -2.36. The molecule has 1 aromatic heterocycles. The molecule has 2 N–H and O–H groups in total. The number of nitrogens with two attached hydrogens (primary N) is 1. The van der Waals surface area contributed by atoms with Crippen LogP contribution in [0.5, 0.6) is 0 Å². The summed E-state index contributed by atoms with van der Waals surface area (Å²) >= 11 is 1.05. The molecule has 8 heteroatoms. The van der Waals surface area contributed by atoms with E-state index >= 15 is 0 Å². The first kappa shape index (κ1) is 15.7. The summed E-state index contributed by atoms with van der Waals surface area (Å²) in [6.45, 7) is 3.15. The van der Waals surface area contributed by atoms with Crippen LogP contribution < -0.4 is 5.73 Å². The largest absolute Gasteiger partial charge is 0.465 e. The standard InChI is InChI=1S/C13H18N2O5S/c1-18-12(16)9-8(7-15-3-5-20-6-4-15)10(13(17)19-2)21-11(9)14/h3-7,14H2,1-2H3. The van der Waals surface area contributed by atoms with Crippen LogP contribution in [0, 0.1) is 0 Å². The highest BCUT2D eigenvalue weighted by molar-refractivity contribution is 7.18. The van der Waals surface area contributed by atoms with Gasteiger partial charge in [-0.3, -0.25) is 4.90 Å². The number of carbonyl (C=O) groups is 2. The number of hydrogen-bond donors (Lipinski definition) is 1. The van der Waals surface area contributed by atoms with Crippen molar-refractivity contribution in [1.82, 2.24) is 4.90 Å². The van der Waals surface area contributed by atoms with E-state index in [1.807, 2.05) is 0 Å². The summed E-state index contributed by atoms with van der Waals surface area (Å²) in [5.74, 6) is -1.03. The number of hydrogen-bond acceptors (Lipinski definition) is 8. The highest BCUT2D eigenvalue weighted by Crippen LogP contribution is 2.33. The van der Waals surface area contributed by atoms with Gasteiger partial charge in [-0.25, -0.2) is 9.59 Å². The SMILES string of the molecule is COC(=O)c1sc(N)c(C(=O)OC)c1CN1CCOCC1. The maximum Gasteiger partial charge on any atom is 0.348 e. The van der Waals surface area contributed by atoms with Crippen LogP contribution in [-0.2, 0) is 20.8 Å². The summed E-state index contributed by atoms with van der Waals surface area (Å²) in [5.41, 5.74) is 6.71. The molecule has 116 valence electrons. The predicted molar refractivity (Wildman–Crippen MR) is 77.5 cm³/mol. The van der Waals surface area contributed by atoms with Crippen molar-refractivity contribution < 1.29 is 23.8 Å². The molecule has 1 aliphatic rings. The smallest absolute Gasteiger partial charge is 0.348 e. The Labute approximate surface area is 126 Å². The van der Waals surface area contributed by atoms with Gasteiger partial charge in [0.2, 0.25) is 0 Å². The minimum absolute atomic E-state index is 0.259. The highest BCUT2D eigenvalue weighted by atomic mass is 32.1. The van der Waals surface area contributed by atoms with E-state index in [0.29, 0.717) is 30.2 Å². The van der Waals surface area contributed by atoms with Crippen LogP contribution in [0.1, 0.15) is 25.6 Å². The fourth-order valence-electron chi connectivity index (χ4n) is 2.20. The monoisotopic (exact) mass is 314 g/mol. The molecule has 2 rings (SSSR count). The molecule has 1 aliphatic heterocycles. The number of methoxy groups -OCH3 is 2. The molecular weight excluding hydrogens is 296 g/mol. The van der Waals surface area contributed by atoms with Crippen LogP contribution in [0.3, 0.4) is 0 Å². The third-order valence-corrected chi connectivity index (χ3v) is 4.32. The van der Waals surface area contributed by atoms with Crippen LogP contribution in [0.15, 0.2) is 0 Å². The van der Waals surface area contributed by atoms with Gasteiger partial charge in [-0.1, -0.05) is 0 Å². The number of morpholine rings is 1. The maximum absolute atomic E-state index is 11.9. The summed E-state index contributed by atoms with van der Waals surface area (Å²) in [6, 6.07) is 0. The average molecular weight is 314 g/mol. The van der Waals surface area contributed by atoms with E-state index in [9.17, 15) is 9.59 Å². The first-order valence-corrected chi connectivity index (χ1v) is 7.28. The van der Waals surface area contributed by atoms with E-state index in [2.05, 4.69) is 4.90 Å². The van der Waals surface area contributed by atoms with E-state index < -0.39 is 11.9 Å². The third kappa shape index (κ3) is 3.34. The zero-order valence-electron chi connectivity index (χ0n) is 12.0. The zero-order chi connectivity index (χ0) is 15.4. The molecule has 1 saturated heterocycles. The quantitative estimate of drug-likeness (QED) is 0.819. The Bertz CT molecular complexity index is 537. The Balaban J connectivity index is 2.37. The molecule has 0 atom stereocenters. The lowest BCUT2D eigenvalue weighted by molar-refractivity contribution is 0.0335. The van der Waals surface area contributed by atoms with Crippen molar-refractivity contribution in [3.05, 3.63) is 16.0 Å². The van der Waals surface area contributed by atoms with E-state index in [0.717, 1.165) is 24.4 Å². The second-order valence-corrected chi connectivity index (χ2v) is 5.57. The molecule has 0 bridgehead atoms. The van der Waals surface area contributed by atoms with Gasteiger partial charge in [0.15, 0.2) is 0 Å². The van der Waals surface area contributed by atoms with Gasteiger partial charge in [0, 0.05) is 25.2 Å². The van der Waals surface area contributed by atoms with Crippen molar-refractivity contribution in [1.29, 1.82) is 0 Å². The molecule has 0 aliphatic carbocycles. The molecular formula is C13H18N2O5S. The van der Waals surface area contributed by atoms with Gasteiger partial charge in [-0.15, -0.1) is 11.3 Å². The van der Waals surface area contributed by atoms with Gasteiger partial charge in [-0.05, 0) is 0 Å². The predicted octanol–water partition coefficient (Wildman–Crippen LogP) is 0.736. The Morgan fingerprint density at radius 2 is 1.86 bits per heavy atom. The van der Waals surface area contributed by atoms with Gasteiger partial charge >= 0.3 is 11.9 Å². The second-order valence-electron chi connectivity index (χ2n) is 4.52. The number of rotatable bonds is 4. The van der Waals surface area contributed by atoms with Gasteiger partial charge in [0.05, 0.1) is 33.0 Å². The molecule has 2 heterocycles. The van der Waals surface area contributed by atoms with Crippen molar-refractivity contribution in [2.75, 3.05) is 46.3 Å². The molecule has 0 unspecified atom stereocenters. The summed E-state index contributed by atoms with van der Waals surface area (Å²) in [4.78, 5) is 26.3. The summed E-state index contributed by atoms with van der Waals surface area (Å²) in [6.07, 6.45) is 0. The molecule has 0 radical (unpaired) electrons. The Morgan fingerprint density at radius 3 is 2.43 bits per heavy atom. The highest BCUT2D eigenvalue weighted by Gasteiger charge is 2.28. The zero-order valence-corrected chi connectivity index (χ0v) is 12.8. The van der Waals surface area contributed by atoms with Crippen LogP contribution >= 0.6 is 11.3 Å². The first-order chi connectivity index (χ1) is 10.1. The van der Waals surface area contributed by atoms with Crippen LogP contribution in [0.25, 0.3) is 0 Å². The second kappa shape index (κ2) is 6.88. The topological polar surface area (TPSA) is 91.1 Å². The first-order valence-electron chi connectivity index (χ1n) is 6.46. The molecule has 1 aromatic rings. The van der Waals surface area contributed by atoms with Crippen molar-refractivity contribution in [2.45, 2.75) is 6.54 Å². The minimum Gasteiger partial charge on any atom is -0.465 e. The molecule has 21 heavy (non-hydrogen) atoms. The van der Waals surface area contributed by atoms with Crippen LogP contribution in [-0.4, -0.2) is 57.4 Å². The summed E-state index contributed by atoms with van der Waals surface area (Å²) in [5, 5.41) is 0.269. The van der Waals surface area contributed by atoms with E-state index in [-0.39, 0.29) is 10.6 Å². The average Bonchev–Trinajstić information content (AvgIpc) is 2.83. The third-order valence-electron chi connectivity index (χ3n) is 3.28. The van der Waals surface area contributed by atoms with Crippen LogP contribution in [0.4, 0.5) is 5.00 Å². The number of thiophene rings is 1. The van der Waals surface area contributed by atoms with Crippen LogP contribution in [0.2, 0.25) is 0 Å². The number of anilines is 1. The molecule has 0 amide bonds. The van der Waals surface area contributed by atoms with Crippen molar-refractivity contribution in [3.63, 3.8) is 0 Å². The maximum atomic E-state index is 11.9. The number of nitrogen functional groups attached to an aromatic ring is 1. The Kier molecular flexibility index (Phi) is 5.16. The Morgan fingerprint density at radius 1 is 1.24 bits per heavy atom. The minimum atomic E-state index is -0.540. The van der Waals surface area contributed by atoms with Gasteiger partial charge < -0.3 is 19.9 Å². The van der Waals surface area contributed by atoms with E-state index in [4.69, 9.17) is 19.9 Å². The van der Waals surface area contributed by atoms with Gasteiger partial charge in [0.1, 0.15) is 9.88 Å².